The minimum absolute atomic E-state index is 0.189. The van der Waals surface area contributed by atoms with Crippen molar-refractivity contribution in [2.45, 2.75) is 27.2 Å². The first kappa shape index (κ1) is 24.0. The fourth-order valence-electron chi connectivity index (χ4n) is 2.77. The lowest BCUT2D eigenvalue weighted by Crippen LogP contribution is -2.30. The van der Waals surface area contributed by atoms with Gasteiger partial charge in [0.1, 0.15) is 5.82 Å². The Bertz CT molecular complexity index is 842. The van der Waals surface area contributed by atoms with Gasteiger partial charge in [-0.15, -0.1) is 0 Å². The second kappa shape index (κ2) is 12.4. The fourth-order valence-corrected chi connectivity index (χ4v) is 2.77. The van der Waals surface area contributed by atoms with Crippen LogP contribution >= 0.6 is 0 Å². The Morgan fingerprint density at radius 2 is 1.48 bits per heavy atom. The first-order chi connectivity index (χ1) is 15.0. The summed E-state index contributed by atoms with van der Waals surface area (Å²) in [5.74, 6) is -0.276. The molecule has 31 heavy (non-hydrogen) atoms. The molecule has 0 aromatic heterocycles. The van der Waals surface area contributed by atoms with E-state index in [0.717, 1.165) is 5.56 Å². The van der Waals surface area contributed by atoms with E-state index in [1.54, 1.807) is 12.1 Å². The SMILES string of the molecule is CCOc1cc(C(=O)OCC(=O)NCCc2ccc(F)cc2)cc(OCC)c1OCC. The lowest BCUT2D eigenvalue weighted by atomic mass is 10.1. The van der Waals surface area contributed by atoms with E-state index in [2.05, 4.69) is 5.32 Å². The second-order valence-electron chi connectivity index (χ2n) is 6.40. The number of hydrogen-bond acceptors (Lipinski definition) is 6. The molecule has 0 heterocycles. The molecule has 0 unspecified atom stereocenters. The zero-order valence-corrected chi connectivity index (χ0v) is 18.0. The van der Waals surface area contributed by atoms with Crippen LogP contribution < -0.4 is 19.5 Å². The summed E-state index contributed by atoms with van der Waals surface area (Å²) in [5.41, 5.74) is 1.08. The number of carbonyl (C=O) groups excluding carboxylic acids is 2. The zero-order chi connectivity index (χ0) is 22.6. The van der Waals surface area contributed by atoms with Crippen LogP contribution in [-0.2, 0) is 16.0 Å². The smallest absolute Gasteiger partial charge is 0.338 e. The first-order valence-corrected chi connectivity index (χ1v) is 10.2. The van der Waals surface area contributed by atoms with Gasteiger partial charge in [-0.2, -0.15) is 0 Å². The number of esters is 1. The fraction of sp³-hybridized carbons (Fsp3) is 0.391. The molecule has 2 aromatic carbocycles. The van der Waals surface area contributed by atoms with E-state index >= 15 is 0 Å². The number of amides is 1. The molecule has 2 rings (SSSR count). The van der Waals surface area contributed by atoms with Crippen LogP contribution in [0.2, 0.25) is 0 Å². The largest absolute Gasteiger partial charge is 0.490 e. The molecule has 1 amide bonds. The minimum atomic E-state index is -0.682. The molecule has 0 radical (unpaired) electrons. The maximum Gasteiger partial charge on any atom is 0.338 e. The van der Waals surface area contributed by atoms with E-state index in [4.69, 9.17) is 18.9 Å². The number of hydrogen-bond donors (Lipinski definition) is 1. The van der Waals surface area contributed by atoms with Crippen molar-refractivity contribution in [3.8, 4) is 17.2 Å². The highest BCUT2D eigenvalue weighted by molar-refractivity contribution is 5.92. The molecule has 8 heteroatoms. The van der Waals surface area contributed by atoms with Crippen molar-refractivity contribution in [1.29, 1.82) is 0 Å². The average molecular weight is 433 g/mol. The molecular formula is C23H28FNO6. The van der Waals surface area contributed by atoms with Gasteiger partial charge in [0.2, 0.25) is 5.75 Å². The van der Waals surface area contributed by atoms with E-state index in [-0.39, 0.29) is 11.4 Å². The summed E-state index contributed by atoms with van der Waals surface area (Å²) in [6, 6.07) is 9.04. The van der Waals surface area contributed by atoms with E-state index in [1.807, 2.05) is 20.8 Å². The van der Waals surface area contributed by atoms with E-state index in [0.29, 0.717) is 50.0 Å². The Morgan fingerprint density at radius 1 is 0.903 bits per heavy atom. The van der Waals surface area contributed by atoms with Crippen LogP contribution in [0.3, 0.4) is 0 Å². The highest BCUT2D eigenvalue weighted by Crippen LogP contribution is 2.39. The quantitative estimate of drug-likeness (QED) is 0.516. The van der Waals surface area contributed by atoms with Crippen LogP contribution in [0, 0.1) is 5.82 Å². The maximum atomic E-state index is 12.9. The predicted molar refractivity (Wildman–Crippen MR) is 113 cm³/mol. The second-order valence-corrected chi connectivity index (χ2v) is 6.40. The van der Waals surface area contributed by atoms with Gasteiger partial charge in [0.25, 0.3) is 5.91 Å². The van der Waals surface area contributed by atoms with Gasteiger partial charge in [0, 0.05) is 6.54 Å². The Kier molecular flexibility index (Phi) is 9.61. The van der Waals surface area contributed by atoms with Crippen molar-refractivity contribution < 1.29 is 32.9 Å². The molecule has 0 bridgehead atoms. The van der Waals surface area contributed by atoms with Crippen LogP contribution in [0.25, 0.3) is 0 Å². The molecule has 0 saturated carbocycles. The summed E-state index contributed by atoms with van der Waals surface area (Å²) in [7, 11) is 0. The highest BCUT2D eigenvalue weighted by atomic mass is 19.1. The van der Waals surface area contributed by atoms with E-state index in [9.17, 15) is 14.0 Å². The standard InChI is InChI=1S/C23H28FNO6/c1-4-28-19-13-17(14-20(29-5-2)22(19)30-6-3)23(27)31-15-21(26)25-12-11-16-7-9-18(24)10-8-16/h7-10,13-14H,4-6,11-12,15H2,1-3H3,(H,25,26). The molecule has 0 saturated heterocycles. The molecule has 168 valence electrons. The first-order valence-electron chi connectivity index (χ1n) is 10.2. The molecule has 1 N–H and O–H groups in total. The summed E-state index contributed by atoms with van der Waals surface area (Å²) in [4.78, 5) is 24.5. The molecule has 2 aromatic rings. The van der Waals surface area contributed by atoms with Crippen molar-refractivity contribution in [1.82, 2.24) is 5.32 Å². The van der Waals surface area contributed by atoms with Gasteiger partial charge in [-0.3, -0.25) is 4.79 Å². The lowest BCUT2D eigenvalue weighted by molar-refractivity contribution is -0.124. The van der Waals surface area contributed by atoms with Crippen LogP contribution in [0.5, 0.6) is 17.2 Å². The Labute approximate surface area is 181 Å². The van der Waals surface area contributed by atoms with Gasteiger partial charge in [-0.1, -0.05) is 12.1 Å². The summed E-state index contributed by atoms with van der Waals surface area (Å²) in [6.07, 6.45) is 0.536. The van der Waals surface area contributed by atoms with Crippen molar-refractivity contribution >= 4 is 11.9 Å². The van der Waals surface area contributed by atoms with Crippen molar-refractivity contribution in [2.75, 3.05) is 33.0 Å². The number of benzene rings is 2. The molecule has 0 aliphatic heterocycles. The molecule has 0 fully saturated rings. The summed E-state index contributed by atoms with van der Waals surface area (Å²) < 4.78 is 34.8. The van der Waals surface area contributed by atoms with Gasteiger partial charge in [0.15, 0.2) is 18.1 Å². The third-order valence-corrected chi connectivity index (χ3v) is 4.13. The molecule has 0 aliphatic rings. The molecule has 0 aliphatic carbocycles. The van der Waals surface area contributed by atoms with E-state index < -0.39 is 18.5 Å². The number of rotatable bonds is 12. The van der Waals surface area contributed by atoms with Crippen LogP contribution in [0.4, 0.5) is 4.39 Å². The van der Waals surface area contributed by atoms with Crippen LogP contribution in [-0.4, -0.2) is 44.8 Å². The average Bonchev–Trinajstić information content (AvgIpc) is 2.75. The lowest BCUT2D eigenvalue weighted by Gasteiger charge is -2.16. The molecular weight excluding hydrogens is 405 g/mol. The van der Waals surface area contributed by atoms with Gasteiger partial charge in [-0.05, 0) is 57.0 Å². The minimum Gasteiger partial charge on any atom is -0.490 e. The van der Waals surface area contributed by atoms with Crippen LogP contribution in [0.1, 0.15) is 36.7 Å². The molecule has 7 nitrogen and oxygen atoms in total. The number of nitrogens with one attached hydrogen (secondary N) is 1. The summed E-state index contributed by atoms with van der Waals surface area (Å²) in [5, 5.41) is 2.66. The van der Waals surface area contributed by atoms with E-state index in [1.165, 1.54) is 24.3 Å². The topological polar surface area (TPSA) is 83.1 Å². The normalized spacial score (nSPS) is 10.3. The maximum absolute atomic E-state index is 12.9. The van der Waals surface area contributed by atoms with Crippen molar-refractivity contribution in [2.24, 2.45) is 0 Å². The van der Waals surface area contributed by atoms with Gasteiger partial charge >= 0.3 is 5.97 Å². The molecule has 0 atom stereocenters. The third-order valence-electron chi connectivity index (χ3n) is 4.13. The Balaban J connectivity index is 1.95. The van der Waals surface area contributed by atoms with Gasteiger partial charge in [0.05, 0.1) is 25.4 Å². The monoisotopic (exact) mass is 433 g/mol. The third kappa shape index (κ3) is 7.47. The van der Waals surface area contributed by atoms with Gasteiger partial charge in [-0.25, -0.2) is 9.18 Å². The number of halogens is 1. The van der Waals surface area contributed by atoms with Crippen molar-refractivity contribution in [3.05, 3.63) is 53.3 Å². The Morgan fingerprint density at radius 3 is 2.03 bits per heavy atom. The summed E-state index contributed by atoms with van der Waals surface area (Å²) in [6.45, 7) is 6.54. The van der Waals surface area contributed by atoms with Crippen molar-refractivity contribution in [3.63, 3.8) is 0 Å². The highest BCUT2D eigenvalue weighted by Gasteiger charge is 2.19. The Hall–Kier alpha value is -3.29. The molecule has 0 spiro atoms. The van der Waals surface area contributed by atoms with Gasteiger partial charge < -0.3 is 24.3 Å². The number of carbonyl (C=O) groups is 2. The van der Waals surface area contributed by atoms with Crippen LogP contribution in [0.15, 0.2) is 36.4 Å². The predicted octanol–water partition coefficient (Wildman–Crippen LogP) is 3.54. The summed E-state index contributed by atoms with van der Waals surface area (Å²) >= 11 is 0. The number of ether oxygens (including phenoxy) is 4. The zero-order valence-electron chi connectivity index (χ0n) is 18.0.